The number of aromatic nitrogens is 2. The number of hydrogen-bond donors (Lipinski definition) is 3. The van der Waals surface area contributed by atoms with Gasteiger partial charge in [0.05, 0.1) is 11.7 Å². The van der Waals surface area contributed by atoms with Gasteiger partial charge in [-0.05, 0) is 32.1 Å². The van der Waals surface area contributed by atoms with E-state index in [1.807, 2.05) is 0 Å². The van der Waals surface area contributed by atoms with Crippen molar-refractivity contribution in [2.24, 2.45) is 5.92 Å². The van der Waals surface area contributed by atoms with E-state index in [-0.39, 0.29) is 17.4 Å². The summed E-state index contributed by atoms with van der Waals surface area (Å²) in [6.07, 6.45) is 3.01. The van der Waals surface area contributed by atoms with Crippen molar-refractivity contribution in [2.75, 3.05) is 18.0 Å². The van der Waals surface area contributed by atoms with E-state index in [0.717, 1.165) is 25.9 Å². The van der Waals surface area contributed by atoms with Gasteiger partial charge in [0, 0.05) is 25.6 Å². The minimum Gasteiger partial charge on any atom is -0.346 e. The number of nitrogens with one attached hydrogen (secondary N) is 3. The van der Waals surface area contributed by atoms with Crippen LogP contribution in [-0.4, -0.2) is 40.9 Å². The molecule has 0 aromatic carbocycles. The first-order valence-electron chi connectivity index (χ1n) is 8.88. The highest BCUT2D eigenvalue weighted by molar-refractivity contribution is 5.90. The molecule has 0 unspecified atom stereocenters. The Labute approximate surface area is 146 Å². The maximum Gasteiger partial charge on any atom is 0.252 e. The van der Waals surface area contributed by atoms with Crippen molar-refractivity contribution in [1.82, 2.24) is 20.6 Å². The molecule has 3 heterocycles. The van der Waals surface area contributed by atoms with E-state index in [1.165, 1.54) is 6.07 Å². The number of hydrogen-bond acceptors (Lipinski definition) is 5. The Morgan fingerprint density at radius 3 is 2.68 bits per heavy atom. The first-order chi connectivity index (χ1) is 11.9. The quantitative estimate of drug-likeness (QED) is 0.734. The molecule has 0 saturated carbocycles. The summed E-state index contributed by atoms with van der Waals surface area (Å²) in [4.78, 5) is 44.9. The van der Waals surface area contributed by atoms with Gasteiger partial charge in [-0.1, -0.05) is 6.92 Å². The fourth-order valence-electron chi connectivity index (χ4n) is 3.25. The second-order valence-electron chi connectivity index (χ2n) is 7.05. The third kappa shape index (κ3) is 4.18. The lowest BCUT2D eigenvalue weighted by Gasteiger charge is -2.31. The van der Waals surface area contributed by atoms with Gasteiger partial charge in [-0.25, -0.2) is 4.98 Å². The fraction of sp³-hybridized carbons (Fsp3) is 0.647. The highest BCUT2D eigenvalue weighted by Crippen LogP contribution is 2.20. The Hall–Kier alpha value is -2.38. The maximum atomic E-state index is 12.2. The lowest BCUT2D eigenvalue weighted by atomic mass is 10.00. The fourth-order valence-corrected chi connectivity index (χ4v) is 3.25. The monoisotopic (exact) mass is 347 g/mol. The average molecular weight is 347 g/mol. The lowest BCUT2D eigenvalue weighted by Crippen LogP contribution is -2.43. The van der Waals surface area contributed by atoms with Gasteiger partial charge in [-0.15, -0.1) is 0 Å². The molecule has 8 heteroatoms. The Morgan fingerprint density at radius 1 is 1.32 bits per heavy atom. The smallest absolute Gasteiger partial charge is 0.252 e. The zero-order valence-corrected chi connectivity index (χ0v) is 14.7. The van der Waals surface area contributed by atoms with Crippen molar-refractivity contribution in [3.8, 4) is 0 Å². The highest BCUT2D eigenvalue weighted by atomic mass is 16.2. The van der Waals surface area contributed by atoms with Crippen LogP contribution in [-0.2, 0) is 9.59 Å². The average Bonchev–Trinajstić information content (AvgIpc) is 3.01. The van der Waals surface area contributed by atoms with Gasteiger partial charge < -0.3 is 15.5 Å². The van der Waals surface area contributed by atoms with Crippen molar-refractivity contribution < 1.29 is 9.59 Å². The molecule has 2 aliphatic heterocycles. The predicted octanol–water partition coefficient (Wildman–Crippen LogP) is 0.462. The van der Waals surface area contributed by atoms with Crippen molar-refractivity contribution in [2.45, 2.75) is 51.6 Å². The molecule has 0 spiro atoms. The second-order valence-corrected chi connectivity index (χ2v) is 7.05. The first-order valence-corrected chi connectivity index (χ1v) is 8.88. The molecule has 3 N–H and O–H groups in total. The molecule has 2 saturated heterocycles. The minimum absolute atomic E-state index is 0.108. The van der Waals surface area contributed by atoms with Gasteiger partial charge in [0.1, 0.15) is 6.04 Å². The number of amides is 2. The van der Waals surface area contributed by atoms with Crippen LogP contribution in [0, 0.1) is 5.92 Å². The molecule has 0 radical (unpaired) electrons. The molecule has 1 aromatic rings. The zero-order valence-electron chi connectivity index (χ0n) is 14.7. The second kappa shape index (κ2) is 7.25. The minimum atomic E-state index is -0.500. The van der Waals surface area contributed by atoms with Crippen LogP contribution in [0.3, 0.4) is 0 Å². The molecule has 25 heavy (non-hydrogen) atoms. The molecule has 136 valence electrons. The van der Waals surface area contributed by atoms with E-state index in [9.17, 15) is 14.4 Å². The van der Waals surface area contributed by atoms with Gasteiger partial charge in [0.2, 0.25) is 17.8 Å². The summed E-state index contributed by atoms with van der Waals surface area (Å²) in [5.74, 6) is 0.896. The van der Waals surface area contributed by atoms with E-state index in [4.69, 9.17) is 0 Å². The van der Waals surface area contributed by atoms with Crippen LogP contribution in [0.25, 0.3) is 0 Å². The molecule has 2 amide bonds. The molecule has 2 atom stereocenters. The summed E-state index contributed by atoms with van der Waals surface area (Å²) in [5, 5.41) is 5.48. The Morgan fingerprint density at radius 2 is 2.04 bits per heavy atom. The van der Waals surface area contributed by atoms with Crippen LogP contribution in [0.15, 0.2) is 10.9 Å². The first kappa shape index (κ1) is 17.4. The largest absolute Gasteiger partial charge is 0.346 e. The van der Waals surface area contributed by atoms with E-state index >= 15 is 0 Å². The maximum absolute atomic E-state index is 12.2. The number of carbonyl (C=O) groups is 2. The summed E-state index contributed by atoms with van der Waals surface area (Å²) in [5.41, 5.74) is 0.295. The normalized spacial score (nSPS) is 22.6. The third-order valence-electron chi connectivity index (χ3n) is 4.95. The molecule has 0 bridgehead atoms. The SMILES string of the molecule is CC1CCN(c2nc([C@@H](C)NC(=O)[C@@H]3CCC(=O)N3)cc(=O)[nH]2)CC1. The Kier molecular flexibility index (Phi) is 5.06. The van der Waals surface area contributed by atoms with Crippen LogP contribution in [0.1, 0.15) is 51.3 Å². The van der Waals surface area contributed by atoms with Gasteiger partial charge in [0.15, 0.2) is 0 Å². The summed E-state index contributed by atoms with van der Waals surface area (Å²) in [6, 6.07) is 0.503. The van der Waals surface area contributed by atoms with Gasteiger partial charge >= 0.3 is 0 Å². The molecule has 8 nitrogen and oxygen atoms in total. The third-order valence-corrected chi connectivity index (χ3v) is 4.95. The van der Waals surface area contributed by atoms with Crippen LogP contribution < -0.4 is 21.1 Å². The van der Waals surface area contributed by atoms with Crippen molar-refractivity contribution >= 4 is 17.8 Å². The predicted molar refractivity (Wildman–Crippen MR) is 93.2 cm³/mol. The molecule has 0 aliphatic carbocycles. The van der Waals surface area contributed by atoms with E-state index in [1.54, 1.807) is 6.92 Å². The van der Waals surface area contributed by atoms with Gasteiger partial charge in [-0.2, -0.15) is 0 Å². The van der Waals surface area contributed by atoms with E-state index in [2.05, 4.69) is 32.4 Å². The molecule has 2 fully saturated rings. The summed E-state index contributed by atoms with van der Waals surface area (Å²) < 4.78 is 0. The van der Waals surface area contributed by atoms with Crippen LogP contribution in [0.4, 0.5) is 5.95 Å². The number of H-pyrrole nitrogens is 1. The Balaban J connectivity index is 1.69. The van der Waals surface area contributed by atoms with Gasteiger partial charge in [-0.3, -0.25) is 19.4 Å². The molecule has 3 rings (SSSR count). The number of nitrogens with zero attached hydrogens (tertiary/aromatic N) is 2. The van der Waals surface area contributed by atoms with Gasteiger partial charge in [0.25, 0.3) is 5.56 Å². The van der Waals surface area contributed by atoms with E-state index in [0.29, 0.717) is 30.4 Å². The summed E-state index contributed by atoms with van der Waals surface area (Å²) >= 11 is 0. The number of piperidine rings is 1. The summed E-state index contributed by atoms with van der Waals surface area (Å²) in [7, 11) is 0. The van der Waals surface area contributed by atoms with Crippen molar-refractivity contribution in [3.05, 3.63) is 22.1 Å². The van der Waals surface area contributed by atoms with Crippen LogP contribution in [0.5, 0.6) is 0 Å². The zero-order chi connectivity index (χ0) is 18.0. The molecular formula is C17H25N5O3. The summed E-state index contributed by atoms with van der Waals surface area (Å²) in [6.45, 7) is 5.74. The number of carbonyl (C=O) groups excluding carboxylic acids is 2. The standard InChI is InChI=1S/C17H25N5O3/c1-10-5-7-22(8-6-10)17-20-13(9-15(24)21-17)11(2)18-16(25)12-3-4-14(23)19-12/h9-12H,3-8H2,1-2H3,(H,18,25)(H,19,23)(H,20,21,24)/t11-,12+/m1/s1. The van der Waals surface area contributed by atoms with E-state index < -0.39 is 12.1 Å². The lowest BCUT2D eigenvalue weighted by molar-refractivity contribution is -0.126. The van der Waals surface area contributed by atoms with Crippen molar-refractivity contribution in [1.29, 1.82) is 0 Å². The Bertz CT molecular complexity index is 708. The number of rotatable bonds is 4. The van der Waals surface area contributed by atoms with Crippen LogP contribution in [0.2, 0.25) is 0 Å². The van der Waals surface area contributed by atoms with Crippen molar-refractivity contribution in [3.63, 3.8) is 0 Å². The molecule has 2 aliphatic rings. The number of anilines is 1. The topological polar surface area (TPSA) is 107 Å². The molecular weight excluding hydrogens is 322 g/mol. The highest BCUT2D eigenvalue weighted by Gasteiger charge is 2.28. The molecule has 1 aromatic heterocycles. The van der Waals surface area contributed by atoms with Crippen LogP contribution >= 0.6 is 0 Å². The number of aromatic amines is 1.